The summed E-state index contributed by atoms with van der Waals surface area (Å²) < 4.78 is 4.99. The third kappa shape index (κ3) is 2.55. The Morgan fingerprint density at radius 3 is 2.48 bits per heavy atom. The average molecular weight is 371 g/mol. The summed E-state index contributed by atoms with van der Waals surface area (Å²) >= 11 is 0. The lowest BCUT2D eigenvalue weighted by Gasteiger charge is -2.29. The molecule has 8 nitrogen and oxygen atoms in total. The lowest BCUT2D eigenvalue weighted by molar-refractivity contribution is -0.142. The number of nitrogens with zero attached hydrogens (tertiary/aromatic N) is 3. The van der Waals surface area contributed by atoms with E-state index in [0.29, 0.717) is 12.1 Å². The highest BCUT2D eigenvalue weighted by atomic mass is 16.5. The Morgan fingerprint density at radius 2 is 1.89 bits per heavy atom. The van der Waals surface area contributed by atoms with Gasteiger partial charge in [0, 0.05) is 6.92 Å². The molecule has 1 aromatic carbocycles. The van der Waals surface area contributed by atoms with Gasteiger partial charge in [-0.1, -0.05) is 25.1 Å². The number of carbonyl (C=O) groups is 4. The fraction of sp³-hybridized carbons (Fsp3) is 0.421. The van der Waals surface area contributed by atoms with Gasteiger partial charge in [0.1, 0.15) is 5.92 Å². The second-order valence-corrected chi connectivity index (χ2v) is 6.58. The van der Waals surface area contributed by atoms with Gasteiger partial charge in [0.25, 0.3) is 5.91 Å². The summed E-state index contributed by atoms with van der Waals surface area (Å²) in [6.07, 6.45) is 0.615. The number of esters is 1. The largest absolute Gasteiger partial charge is 0.461 e. The van der Waals surface area contributed by atoms with Gasteiger partial charge in [-0.15, -0.1) is 0 Å². The molecule has 142 valence electrons. The summed E-state index contributed by atoms with van der Waals surface area (Å²) in [5, 5.41) is 4.92. The van der Waals surface area contributed by atoms with Crippen LogP contribution in [-0.2, 0) is 30.3 Å². The Balaban J connectivity index is 2.15. The van der Waals surface area contributed by atoms with Crippen molar-refractivity contribution in [3.63, 3.8) is 0 Å². The van der Waals surface area contributed by atoms with E-state index in [1.54, 1.807) is 19.1 Å². The molecule has 27 heavy (non-hydrogen) atoms. The van der Waals surface area contributed by atoms with E-state index in [4.69, 9.17) is 4.74 Å². The number of rotatable bonds is 4. The van der Waals surface area contributed by atoms with Crippen LogP contribution < -0.4 is 4.90 Å². The summed E-state index contributed by atoms with van der Waals surface area (Å²) in [5.74, 6) is -3.70. The van der Waals surface area contributed by atoms with Crippen molar-refractivity contribution in [3.8, 4) is 0 Å². The van der Waals surface area contributed by atoms with Crippen LogP contribution in [0.1, 0.15) is 33.3 Å². The van der Waals surface area contributed by atoms with E-state index in [0.717, 1.165) is 15.5 Å². The van der Waals surface area contributed by atoms with Crippen LogP contribution in [0.5, 0.6) is 0 Å². The molecule has 1 saturated heterocycles. The van der Waals surface area contributed by atoms with Gasteiger partial charge in [0.05, 0.1) is 12.3 Å². The fourth-order valence-electron chi connectivity index (χ4n) is 3.70. The molecule has 2 heterocycles. The number of hydrogen-bond donors (Lipinski definition) is 0. The molecule has 0 saturated carbocycles. The molecule has 2 aliphatic heterocycles. The molecular weight excluding hydrogens is 350 g/mol. The van der Waals surface area contributed by atoms with E-state index in [2.05, 4.69) is 5.10 Å². The zero-order chi connectivity index (χ0) is 19.9. The van der Waals surface area contributed by atoms with Crippen molar-refractivity contribution in [2.45, 2.75) is 39.7 Å². The molecule has 2 atom stereocenters. The number of benzene rings is 1. The number of carbonyl (C=O) groups excluding carboxylic acids is 4. The highest BCUT2D eigenvalue weighted by molar-refractivity contribution is 6.47. The molecule has 3 amide bonds. The highest BCUT2D eigenvalue weighted by Crippen LogP contribution is 2.44. The van der Waals surface area contributed by atoms with Crippen molar-refractivity contribution in [3.05, 3.63) is 29.8 Å². The van der Waals surface area contributed by atoms with E-state index in [9.17, 15) is 19.2 Å². The summed E-state index contributed by atoms with van der Waals surface area (Å²) in [7, 11) is 0. The molecule has 1 aromatic rings. The highest BCUT2D eigenvalue weighted by Gasteiger charge is 2.68. The zero-order valence-electron chi connectivity index (χ0n) is 15.7. The smallest absolute Gasteiger partial charge is 0.355 e. The lowest BCUT2D eigenvalue weighted by Crippen LogP contribution is -2.52. The predicted molar refractivity (Wildman–Crippen MR) is 96.8 cm³/mol. The maximum Gasteiger partial charge on any atom is 0.355 e. The number of aryl methyl sites for hydroxylation is 1. The summed E-state index contributed by atoms with van der Waals surface area (Å²) in [5.41, 5.74) is -0.542. The van der Waals surface area contributed by atoms with Crippen LogP contribution in [0.2, 0.25) is 0 Å². The number of anilines is 1. The van der Waals surface area contributed by atoms with Crippen LogP contribution in [0, 0.1) is 5.92 Å². The van der Waals surface area contributed by atoms with Crippen LogP contribution in [0.25, 0.3) is 0 Å². The van der Waals surface area contributed by atoms with Crippen molar-refractivity contribution in [1.82, 2.24) is 5.01 Å². The third-order valence-electron chi connectivity index (χ3n) is 4.98. The average Bonchev–Trinajstić information content (AvgIpc) is 3.05. The molecule has 3 rings (SSSR count). The first-order chi connectivity index (χ1) is 12.8. The molecule has 2 aliphatic rings. The molecule has 1 fully saturated rings. The Kier molecular flexibility index (Phi) is 4.59. The second kappa shape index (κ2) is 6.61. The predicted octanol–water partition coefficient (Wildman–Crippen LogP) is 1.28. The minimum Gasteiger partial charge on any atom is -0.461 e. The summed E-state index contributed by atoms with van der Waals surface area (Å²) in [6.45, 7) is 6.33. The Bertz CT molecular complexity index is 878. The van der Waals surface area contributed by atoms with Crippen LogP contribution in [0.3, 0.4) is 0 Å². The van der Waals surface area contributed by atoms with E-state index < -0.39 is 35.1 Å². The van der Waals surface area contributed by atoms with Crippen molar-refractivity contribution in [2.75, 3.05) is 11.5 Å². The first-order valence-electron chi connectivity index (χ1n) is 8.81. The van der Waals surface area contributed by atoms with E-state index in [-0.39, 0.29) is 12.3 Å². The van der Waals surface area contributed by atoms with Gasteiger partial charge >= 0.3 is 5.97 Å². The number of ether oxygens (including phenoxy) is 1. The number of imide groups is 1. The van der Waals surface area contributed by atoms with Gasteiger partial charge in [-0.2, -0.15) is 5.10 Å². The molecule has 0 N–H and O–H groups in total. The molecular formula is C19H21N3O5. The van der Waals surface area contributed by atoms with Crippen LogP contribution >= 0.6 is 0 Å². The molecule has 0 bridgehead atoms. The van der Waals surface area contributed by atoms with Crippen LogP contribution in [-0.4, -0.2) is 46.6 Å². The number of hydrazone groups is 1. The molecule has 0 aromatic heterocycles. The molecule has 0 spiro atoms. The minimum absolute atomic E-state index is 0.0892. The van der Waals surface area contributed by atoms with Crippen molar-refractivity contribution < 1.29 is 23.9 Å². The summed E-state index contributed by atoms with van der Waals surface area (Å²) in [6, 6.07) is 7.06. The van der Waals surface area contributed by atoms with E-state index in [1.165, 1.54) is 13.8 Å². The van der Waals surface area contributed by atoms with Gasteiger partial charge in [-0.05, 0) is 31.9 Å². The van der Waals surface area contributed by atoms with E-state index in [1.807, 2.05) is 19.1 Å². The third-order valence-corrected chi connectivity index (χ3v) is 4.98. The van der Waals surface area contributed by atoms with Gasteiger partial charge in [-0.3, -0.25) is 14.4 Å². The van der Waals surface area contributed by atoms with Gasteiger partial charge in [0.15, 0.2) is 11.3 Å². The quantitative estimate of drug-likeness (QED) is 0.587. The SMILES string of the molecule is CCOC(=O)C1=NN(C(C)=O)C2(C)C(=O)N(c3ccccc3CC)C(=O)C12. The standard InChI is InChI=1S/C19H21N3O5/c1-5-12-9-7-8-10-13(12)21-16(24)14-15(17(25)27-6-2)20-22(11(3)23)19(14,4)18(21)26/h7-10,14H,5-6H2,1-4H3. The maximum atomic E-state index is 13.3. The fourth-order valence-corrected chi connectivity index (χ4v) is 3.70. The van der Waals surface area contributed by atoms with Gasteiger partial charge < -0.3 is 4.74 Å². The normalized spacial score (nSPS) is 24.1. The minimum atomic E-state index is -1.59. The topological polar surface area (TPSA) is 96.3 Å². The first-order valence-corrected chi connectivity index (χ1v) is 8.81. The Hall–Kier alpha value is -3.03. The summed E-state index contributed by atoms with van der Waals surface area (Å²) in [4.78, 5) is 52.1. The maximum absolute atomic E-state index is 13.3. The molecule has 0 radical (unpaired) electrons. The van der Waals surface area contributed by atoms with Gasteiger partial charge in [-0.25, -0.2) is 14.7 Å². The second-order valence-electron chi connectivity index (χ2n) is 6.58. The lowest BCUT2D eigenvalue weighted by atomic mass is 9.85. The number of para-hydroxylation sites is 1. The Labute approximate surface area is 156 Å². The molecule has 0 aliphatic carbocycles. The molecule has 2 unspecified atom stereocenters. The van der Waals surface area contributed by atoms with Crippen molar-refractivity contribution >= 4 is 35.1 Å². The first kappa shape index (κ1) is 18.8. The van der Waals surface area contributed by atoms with E-state index >= 15 is 0 Å². The number of hydrogen-bond acceptors (Lipinski definition) is 6. The van der Waals surface area contributed by atoms with Crippen molar-refractivity contribution in [1.29, 1.82) is 0 Å². The molecule has 8 heteroatoms. The van der Waals surface area contributed by atoms with Crippen LogP contribution in [0.4, 0.5) is 5.69 Å². The number of amides is 3. The van der Waals surface area contributed by atoms with Crippen LogP contribution in [0.15, 0.2) is 29.4 Å². The zero-order valence-corrected chi connectivity index (χ0v) is 15.7. The monoisotopic (exact) mass is 371 g/mol. The van der Waals surface area contributed by atoms with Gasteiger partial charge in [0.2, 0.25) is 11.8 Å². The Morgan fingerprint density at radius 1 is 1.22 bits per heavy atom. The number of fused-ring (bicyclic) bond motifs is 1. The van der Waals surface area contributed by atoms with Crippen molar-refractivity contribution in [2.24, 2.45) is 11.0 Å².